The van der Waals surface area contributed by atoms with Crippen LogP contribution in [0.25, 0.3) is 0 Å². The first-order valence-corrected chi connectivity index (χ1v) is 9.34. The summed E-state index contributed by atoms with van der Waals surface area (Å²) < 4.78 is 10.9. The van der Waals surface area contributed by atoms with Crippen LogP contribution in [0.15, 0.2) is 18.2 Å². The maximum Gasteiger partial charge on any atom is 0.231 e. The van der Waals surface area contributed by atoms with Gasteiger partial charge in [0.15, 0.2) is 11.5 Å². The predicted octanol–water partition coefficient (Wildman–Crippen LogP) is 4.34. The summed E-state index contributed by atoms with van der Waals surface area (Å²) in [6.07, 6.45) is 6.40. The van der Waals surface area contributed by atoms with E-state index in [1.165, 1.54) is 18.4 Å². The van der Waals surface area contributed by atoms with Crippen molar-refractivity contribution >= 4 is 5.91 Å². The van der Waals surface area contributed by atoms with Crippen LogP contribution < -0.4 is 9.47 Å². The number of ether oxygens (including phenoxy) is 2. The number of hydrogen-bond donors (Lipinski definition) is 0. The number of carbonyl (C=O) groups is 1. The maximum atomic E-state index is 11.7. The zero-order chi connectivity index (χ0) is 16.9. The molecule has 1 aromatic rings. The second-order valence-electron chi connectivity index (χ2n) is 7.19. The van der Waals surface area contributed by atoms with Gasteiger partial charge in [0.1, 0.15) is 0 Å². The summed E-state index contributed by atoms with van der Waals surface area (Å²) in [6, 6.07) is 6.35. The molecule has 2 heterocycles. The van der Waals surface area contributed by atoms with E-state index in [1.54, 1.807) is 0 Å². The molecule has 0 spiro atoms. The molecule has 2 aliphatic rings. The number of likely N-dealkylation sites (tertiary alicyclic amines) is 1. The fraction of sp³-hybridized carbons (Fsp3) is 0.650. The van der Waals surface area contributed by atoms with Crippen LogP contribution in [0.4, 0.5) is 0 Å². The molecule has 3 rings (SSSR count). The third kappa shape index (κ3) is 4.03. The molecule has 1 amide bonds. The first-order chi connectivity index (χ1) is 11.7. The first-order valence-electron chi connectivity index (χ1n) is 9.34. The van der Waals surface area contributed by atoms with Gasteiger partial charge in [0, 0.05) is 19.5 Å². The van der Waals surface area contributed by atoms with Gasteiger partial charge in [-0.1, -0.05) is 19.9 Å². The largest absolute Gasteiger partial charge is 0.454 e. The zero-order valence-electron chi connectivity index (χ0n) is 14.9. The van der Waals surface area contributed by atoms with E-state index >= 15 is 0 Å². The van der Waals surface area contributed by atoms with Gasteiger partial charge in [-0.05, 0) is 61.6 Å². The average Bonchev–Trinajstić information content (AvgIpc) is 3.21. The molecule has 0 aliphatic carbocycles. The van der Waals surface area contributed by atoms with E-state index in [1.807, 2.05) is 11.0 Å². The molecule has 0 N–H and O–H groups in total. The van der Waals surface area contributed by atoms with Crippen LogP contribution in [-0.2, 0) is 4.79 Å². The van der Waals surface area contributed by atoms with Gasteiger partial charge >= 0.3 is 0 Å². The van der Waals surface area contributed by atoms with E-state index in [4.69, 9.17) is 9.47 Å². The number of carbonyl (C=O) groups excluding carboxylic acids is 1. The van der Waals surface area contributed by atoms with Gasteiger partial charge < -0.3 is 14.4 Å². The number of hydrogen-bond acceptors (Lipinski definition) is 3. The van der Waals surface area contributed by atoms with Crippen molar-refractivity contribution in [2.75, 3.05) is 19.9 Å². The van der Waals surface area contributed by atoms with Crippen LogP contribution >= 0.6 is 0 Å². The molecule has 24 heavy (non-hydrogen) atoms. The van der Waals surface area contributed by atoms with Crippen molar-refractivity contribution in [3.05, 3.63) is 23.8 Å². The Morgan fingerprint density at radius 3 is 2.83 bits per heavy atom. The van der Waals surface area contributed by atoms with Crippen LogP contribution in [-0.4, -0.2) is 30.7 Å². The molecule has 0 aromatic heterocycles. The van der Waals surface area contributed by atoms with Crippen LogP contribution in [0.5, 0.6) is 11.5 Å². The summed E-state index contributed by atoms with van der Waals surface area (Å²) in [5.41, 5.74) is 1.35. The molecular weight excluding hydrogens is 302 g/mol. The predicted molar refractivity (Wildman–Crippen MR) is 94.4 cm³/mol. The summed E-state index contributed by atoms with van der Waals surface area (Å²) in [5, 5.41) is 0. The summed E-state index contributed by atoms with van der Waals surface area (Å²) in [6.45, 7) is 6.82. The van der Waals surface area contributed by atoms with E-state index in [9.17, 15) is 4.79 Å². The molecule has 0 bridgehead atoms. The van der Waals surface area contributed by atoms with Crippen molar-refractivity contribution < 1.29 is 14.3 Å². The summed E-state index contributed by atoms with van der Waals surface area (Å²) in [7, 11) is 0. The highest BCUT2D eigenvalue weighted by molar-refractivity contribution is 5.77. The Balaban J connectivity index is 1.48. The Bertz CT molecular complexity index is 572. The lowest BCUT2D eigenvalue weighted by Gasteiger charge is -2.22. The number of amides is 1. The first kappa shape index (κ1) is 17.1. The Labute approximate surface area is 145 Å². The van der Waals surface area contributed by atoms with Crippen molar-refractivity contribution in [2.45, 2.75) is 58.3 Å². The molecule has 0 saturated carbocycles. The monoisotopic (exact) mass is 331 g/mol. The van der Waals surface area contributed by atoms with E-state index in [0.717, 1.165) is 50.3 Å². The molecule has 2 unspecified atom stereocenters. The highest BCUT2D eigenvalue weighted by Crippen LogP contribution is 2.37. The SMILES string of the molecule is CCC(CC(C)CCCN1CCCC1=O)c1ccc2c(c1)OCO2. The standard InChI is InChI=1S/C20H29NO3/c1-3-16(17-8-9-18-19(13-17)24-14-23-18)12-15(2)6-4-10-21-11-5-7-20(21)22/h8-9,13,15-16H,3-7,10-12,14H2,1-2H3. The van der Waals surface area contributed by atoms with E-state index in [0.29, 0.717) is 24.5 Å². The Hall–Kier alpha value is -1.71. The maximum absolute atomic E-state index is 11.7. The van der Waals surface area contributed by atoms with Crippen LogP contribution in [0.1, 0.15) is 63.9 Å². The van der Waals surface area contributed by atoms with Crippen molar-refractivity contribution in [1.29, 1.82) is 0 Å². The lowest BCUT2D eigenvalue weighted by molar-refractivity contribution is -0.127. The Morgan fingerprint density at radius 1 is 1.25 bits per heavy atom. The fourth-order valence-electron chi connectivity index (χ4n) is 3.88. The highest BCUT2D eigenvalue weighted by Gasteiger charge is 2.21. The zero-order valence-corrected chi connectivity index (χ0v) is 14.9. The lowest BCUT2D eigenvalue weighted by atomic mass is 9.85. The Morgan fingerprint density at radius 2 is 2.08 bits per heavy atom. The van der Waals surface area contributed by atoms with E-state index < -0.39 is 0 Å². The van der Waals surface area contributed by atoms with E-state index in [-0.39, 0.29) is 0 Å². The van der Waals surface area contributed by atoms with Crippen LogP contribution in [0.3, 0.4) is 0 Å². The fourth-order valence-corrected chi connectivity index (χ4v) is 3.88. The summed E-state index contributed by atoms with van der Waals surface area (Å²) >= 11 is 0. The summed E-state index contributed by atoms with van der Waals surface area (Å²) in [4.78, 5) is 13.7. The van der Waals surface area contributed by atoms with Gasteiger partial charge in [0.05, 0.1) is 0 Å². The number of rotatable bonds is 8. The average molecular weight is 331 g/mol. The molecule has 2 aliphatic heterocycles. The number of nitrogens with zero attached hydrogens (tertiary/aromatic N) is 1. The Kier molecular flexibility index (Phi) is 5.64. The molecular formula is C20H29NO3. The topological polar surface area (TPSA) is 38.8 Å². The molecule has 1 aromatic carbocycles. The molecule has 0 radical (unpaired) electrons. The van der Waals surface area contributed by atoms with Gasteiger partial charge in [-0.3, -0.25) is 4.79 Å². The van der Waals surface area contributed by atoms with Crippen molar-refractivity contribution in [3.63, 3.8) is 0 Å². The van der Waals surface area contributed by atoms with Gasteiger partial charge in [-0.15, -0.1) is 0 Å². The second kappa shape index (κ2) is 7.91. The minimum Gasteiger partial charge on any atom is -0.454 e. The molecule has 2 atom stereocenters. The van der Waals surface area contributed by atoms with Crippen molar-refractivity contribution in [1.82, 2.24) is 4.90 Å². The molecule has 1 fully saturated rings. The molecule has 4 nitrogen and oxygen atoms in total. The molecule has 1 saturated heterocycles. The van der Waals surface area contributed by atoms with Crippen molar-refractivity contribution in [3.8, 4) is 11.5 Å². The number of fused-ring (bicyclic) bond motifs is 1. The van der Waals surface area contributed by atoms with Crippen molar-refractivity contribution in [2.24, 2.45) is 5.92 Å². The minimum absolute atomic E-state index is 0.335. The minimum atomic E-state index is 0.335. The van der Waals surface area contributed by atoms with Crippen LogP contribution in [0.2, 0.25) is 0 Å². The van der Waals surface area contributed by atoms with E-state index in [2.05, 4.69) is 26.0 Å². The third-order valence-corrected chi connectivity index (χ3v) is 5.34. The lowest BCUT2D eigenvalue weighted by Crippen LogP contribution is -2.25. The van der Waals surface area contributed by atoms with Gasteiger partial charge in [-0.25, -0.2) is 0 Å². The van der Waals surface area contributed by atoms with Gasteiger partial charge in [0.25, 0.3) is 0 Å². The highest BCUT2D eigenvalue weighted by atomic mass is 16.7. The van der Waals surface area contributed by atoms with Gasteiger partial charge in [-0.2, -0.15) is 0 Å². The van der Waals surface area contributed by atoms with Gasteiger partial charge in [0.2, 0.25) is 12.7 Å². The molecule has 4 heteroatoms. The van der Waals surface area contributed by atoms with Crippen LogP contribution in [0, 0.1) is 5.92 Å². The molecule has 132 valence electrons. The third-order valence-electron chi connectivity index (χ3n) is 5.34. The normalized spacial score (nSPS) is 18.9. The quantitative estimate of drug-likeness (QED) is 0.711. The summed E-state index contributed by atoms with van der Waals surface area (Å²) in [5.74, 6) is 3.30. The second-order valence-corrected chi connectivity index (χ2v) is 7.19. The number of benzene rings is 1. The smallest absolute Gasteiger partial charge is 0.231 e.